The Morgan fingerprint density at radius 1 is 1.14 bits per heavy atom. The molecule has 1 heterocycles. The maximum atomic E-state index is 6.33. The second-order valence-corrected chi connectivity index (χ2v) is 7.30. The standard InChI is InChI=1S/C17H25Cl2N3/c1-20-14-11-13(12-14)5-6-21-7-9-22(10-8-21)16-4-2-3-15(18)17(16)19/h2-4,13-14,20H,5-12H2,1H3. The van der Waals surface area contributed by atoms with Crippen molar-refractivity contribution in [1.82, 2.24) is 10.2 Å². The minimum atomic E-state index is 0.644. The Bertz CT molecular complexity index is 495. The summed E-state index contributed by atoms with van der Waals surface area (Å²) in [4.78, 5) is 4.94. The van der Waals surface area contributed by atoms with Gasteiger partial charge in [-0.3, -0.25) is 4.90 Å². The number of benzene rings is 1. The Morgan fingerprint density at radius 2 is 1.86 bits per heavy atom. The molecular formula is C17H25Cl2N3. The van der Waals surface area contributed by atoms with Gasteiger partial charge in [-0.2, -0.15) is 0 Å². The summed E-state index contributed by atoms with van der Waals surface area (Å²) in [5.74, 6) is 0.929. The highest BCUT2D eigenvalue weighted by Gasteiger charge is 2.28. The van der Waals surface area contributed by atoms with E-state index in [2.05, 4.69) is 28.2 Å². The fraction of sp³-hybridized carbons (Fsp3) is 0.647. The van der Waals surface area contributed by atoms with E-state index in [0.717, 1.165) is 43.8 Å². The van der Waals surface area contributed by atoms with E-state index < -0.39 is 0 Å². The van der Waals surface area contributed by atoms with Crippen LogP contribution in [0.4, 0.5) is 5.69 Å². The molecule has 3 nitrogen and oxygen atoms in total. The summed E-state index contributed by atoms with van der Waals surface area (Å²) >= 11 is 12.4. The molecule has 3 rings (SSSR count). The first-order chi connectivity index (χ1) is 10.7. The predicted octanol–water partition coefficient (Wildman–Crippen LogP) is 3.50. The van der Waals surface area contributed by atoms with E-state index in [4.69, 9.17) is 23.2 Å². The van der Waals surface area contributed by atoms with Gasteiger partial charge in [0, 0.05) is 32.2 Å². The summed E-state index contributed by atoms with van der Waals surface area (Å²) < 4.78 is 0. The fourth-order valence-corrected chi connectivity index (χ4v) is 3.94. The Hall–Kier alpha value is -0.480. The second kappa shape index (κ2) is 7.39. The lowest BCUT2D eigenvalue weighted by molar-refractivity contribution is 0.176. The predicted molar refractivity (Wildman–Crippen MR) is 95.3 cm³/mol. The van der Waals surface area contributed by atoms with E-state index in [1.54, 1.807) is 0 Å². The zero-order chi connectivity index (χ0) is 15.5. The normalized spacial score (nSPS) is 26.0. The van der Waals surface area contributed by atoms with Crippen LogP contribution in [0.3, 0.4) is 0 Å². The minimum absolute atomic E-state index is 0.644. The van der Waals surface area contributed by atoms with Gasteiger partial charge in [0.05, 0.1) is 15.7 Å². The zero-order valence-electron chi connectivity index (χ0n) is 13.2. The molecule has 1 aliphatic heterocycles. The van der Waals surface area contributed by atoms with Gasteiger partial charge in [0.15, 0.2) is 0 Å². The molecule has 5 heteroatoms. The van der Waals surface area contributed by atoms with E-state index in [-0.39, 0.29) is 0 Å². The van der Waals surface area contributed by atoms with Crippen LogP contribution in [-0.2, 0) is 0 Å². The Balaban J connectivity index is 1.43. The highest BCUT2D eigenvalue weighted by Crippen LogP contribution is 2.33. The van der Waals surface area contributed by atoms with E-state index in [1.165, 1.54) is 25.8 Å². The summed E-state index contributed by atoms with van der Waals surface area (Å²) in [6.45, 7) is 5.53. The molecule has 1 aromatic rings. The summed E-state index contributed by atoms with van der Waals surface area (Å²) in [5, 5.41) is 4.69. The van der Waals surface area contributed by atoms with Gasteiger partial charge in [0.25, 0.3) is 0 Å². The quantitative estimate of drug-likeness (QED) is 0.884. The molecule has 1 aliphatic carbocycles. The maximum Gasteiger partial charge on any atom is 0.0825 e. The highest BCUT2D eigenvalue weighted by molar-refractivity contribution is 6.43. The number of nitrogens with one attached hydrogen (secondary N) is 1. The molecule has 22 heavy (non-hydrogen) atoms. The largest absolute Gasteiger partial charge is 0.368 e. The molecule has 1 saturated heterocycles. The van der Waals surface area contributed by atoms with Crippen molar-refractivity contribution in [2.75, 3.05) is 44.7 Å². The second-order valence-electron chi connectivity index (χ2n) is 6.51. The van der Waals surface area contributed by atoms with Gasteiger partial charge >= 0.3 is 0 Å². The van der Waals surface area contributed by atoms with Gasteiger partial charge in [0.2, 0.25) is 0 Å². The molecule has 0 spiro atoms. The number of anilines is 1. The first kappa shape index (κ1) is 16.4. The minimum Gasteiger partial charge on any atom is -0.368 e. The molecule has 0 atom stereocenters. The van der Waals surface area contributed by atoms with Crippen molar-refractivity contribution in [3.05, 3.63) is 28.2 Å². The molecule has 0 aromatic heterocycles. The molecule has 0 unspecified atom stereocenters. The van der Waals surface area contributed by atoms with Crippen molar-refractivity contribution in [2.45, 2.75) is 25.3 Å². The SMILES string of the molecule is CNC1CC(CCN2CCN(c3cccc(Cl)c3Cl)CC2)C1. The third kappa shape index (κ3) is 3.70. The summed E-state index contributed by atoms with van der Waals surface area (Å²) in [6.07, 6.45) is 4.05. The summed E-state index contributed by atoms with van der Waals surface area (Å²) in [5.41, 5.74) is 1.07. The van der Waals surface area contributed by atoms with Crippen molar-refractivity contribution >= 4 is 28.9 Å². The van der Waals surface area contributed by atoms with Crippen LogP contribution in [0.2, 0.25) is 10.0 Å². The number of hydrogen-bond acceptors (Lipinski definition) is 3. The van der Waals surface area contributed by atoms with Crippen molar-refractivity contribution < 1.29 is 0 Å². The lowest BCUT2D eigenvalue weighted by Gasteiger charge is -2.39. The summed E-state index contributed by atoms with van der Waals surface area (Å²) in [7, 11) is 2.07. The molecule has 0 radical (unpaired) electrons. The molecule has 0 amide bonds. The van der Waals surface area contributed by atoms with Gasteiger partial charge in [-0.1, -0.05) is 29.3 Å². The van der Waals surface area contributed by atoms with Gasteiger partial charge in [-0.25, -0.2) is 0 Å². The van der Waals surface area contributed by atoms with Gasteiger partial charge in [-0.05, 0) is 50.9 Å². The summed E-state index contributed by atoms with van der Waals surface area (Å²) in [6, 6.07) is 6.66. The molecule has 122 valence electrons. The van der Waals surface area contributed by atoms with E-state index in [0.29, 0.717) is 10.0 Å². The first-order valence-corrected chi connectivity index (χ1v) is 9.01. The third-order valence-corrected chi connectivity index (χ3v) is 5.95. The van der Waals surface area contributed by atoms with E-state index in [9.17, 15) is 0 Å². The van der Waals surface area contributed by atoms with Crippen LogP contribution in [0.15, 0.2) is 18.2 Å². The van der Waals surface area contributed by atoms with Crippen LogP contribution in [0.25, 0.3) is 0 Å². The number of halogens is 2. The van der Waals surface area contributed by atoms with Crippen molar-refractivity contribution in [3.63, 3.8) is 0 Å². The number of hydrogen-bond donors (Lipinski definition) is 1. The highest BCUT2D eigenvalue weighted by atomic mass is 35.5. The van der Waals surface area contributed by atoms with E-state index >= 15 is 0 Å². The first-order valence-electron chi connectivity index (χ1n) is 8.26. The molecule has 1 N–H and O–H groups in total. The molecule has 1 aromatic carbocycles. The van der Waals surface area contributed by atoms with Crippen LogP contribution in [0, 0.1) is 5.92 Å². The van der Waals surface area contributed by atoms with E-state index in [1.807, 2.05) is 12.1 Å². The van der Waals surface area contributed by atoms with Gasteiger partial charge in [0.1, 0.15) is 0 Å². The number of nitrogens with zero attached hydrogens (tertiary/aromatic N) is 2. The lowest BCUT2D eigenvalue weighted by atomic mass is 9.78. The van der Waals surface area contributed by atoms with Crippen LogP contribution >= 0.6 is 23.2 Å². The Kier molecular flexibility index (Phi) is 5.50. The third-order valence-electron chi connectivity index (χ3n) is 5.14. The molecule has 2 fully saturated rings. The van der Waals surface area contributed by atoms with Crippen molar-refractivity contribution in [3.8, 4) is 0 Å². The molecule has 2 aliphatic rings. The molecule has 0 bridgehead atoms. The van der Waals surface area contributed by atoms with Crippen LogP contribution in [0.5, 0.6) is 0 Å². The Labute approximate surface area is 143 Å². The van der Waals surface area contributed by atoms with Gasteiger partial charge in [-0.15, -0.1) is 0 Å². The van der Waals surface area contributed by atoms with Crippen LogP contribution in [0.1, 0.15) is 19.3 Å². The zero-order valence-corrected chi connectivity index (χ0v) is 14.7. The number of piperazine rings is 1. The molecular weight excluding hydrogens is 317 g/mol. The van der Waals surface area contributed by atoms with Crippen molar-refractivity contribution in [1.29, 1.82) is 0 Å². The van der Waals surface area contributed by atoms with Crippen molar-refractivity contribution in [2.24, 2.45) is 5.92 Å². The fourth-order valence-electron chi connectivity index (χ4n) is 3.52. The lowest BCUT2D eigenvalue weighted by Crippen LogP contribution is -2.47. The maximum absolute atomic E-state index is 6.33. The van der Waals surface area contributed by atoms with Crippen LogP contribution in [-0.4, -0.2) is 50.7 Å². The average molecular weight is 342 g/mol. The number of rotatable bonds is 5. The Morgan fingerprint density at radius 3 is 2.55 bits per heavy atom. The smallest absolute Gasteiger partial charge is 0.0825 e. The average Bonchev–Trinajstić information content (AvgIpc) is 2.49. The van der Waals surface area contributed by atoms with Gasteiger partial charge < -0.3 is 10.2 Å². The molecule has 1 saturated carbocycles. The van der Waals surface area contributed by atoms with Crippen LogP contribution < -0.4 is 10.2 Å². The monoisotopic (exact) mass is 341 g/mol. The topological polar surface area (TPSA) is 18.5 Å².